The zero-order chi connectivity index (χ0) is 14.7. The summed E-state index contributed by atoms with van der Waals surface area (Å²) < 4.78 is 6.75. The molecule has 0 radical (unpaired) electrons. The van der Waals surface area contributed by atoms with Gasteiger partial charge in [0, 0.05) is 21.6 Å². The number of ether oxygens (including phenoxy) is 1. The lowest BCUT2D eigenvalue weighted by atomic mass is 10.1. The summed E-state index contributed by atoms with van der Waals surface area (Å²) in [5.74, 6) is 1.23. The molecule has 2 aromatic heterocycles. The standard InChI is InChI=1S/C16H14BrN3O/c17-13-8-14(10-19-9-13)21-16-12(5-6-18)7-11-3-1-2-4-15(11)20-16/h1-4,7-10H,5-6,18H2. The van der Waals surface area contributed by atoms with Gasteiger partial charge in [0.15, 0.2) is 0 Å². The highest BCUT2D eigenvalue weighted by molar-refractivity contribution is 9.10. The number of hydrogen-bond donors (Lipinski definition) is 1. The molecule has 4 nitrogen and oxygen atoms in total. The van der Waals surface area contributed by atoms with Crippen LogP contribution in [0.15, 0.2) is 53.3 Å². The molecule has 0 saturated heterocycles. The van der Waals surface area contributed by atoms with E-state index < -0.39 is 0 Å². The first-order valence-electron chi connectivity index (χ1n) is 6.63. The zero-order valence-corrected chi connectivity index (χ0v) is 12.9. The first-order valence-corrected chi connectivity index (χ1v) is 7.43. The average Bonchev–Trinajstić information content (AvgIpc) is 2.48. The van der Waals surface area contributed by atoms with E-state index in [0.29, 0.717) is 24.6 Å². The number of nitrogens with zero attached hydrogens (tertiary/aromatic N) is 2. The van der Waals surface area contributed by atoms with Crippen LogP contribution < -0.4 is 10.5 Å². The van der Waals surface area contributed by atoms with Gasteiger partial charge in [0.25, 0.3) is 0 Å². The molecule has 0 unspecified atom stereocenters. The molecule has 0 saturated carbocycles. The van der Waals surface area contributed by atoms with E-state index in [4.69, 9.17) is 10.5 Å². The van der Waals surface area contributed by atoms with E-state index >= 15 is 0 Å². The molecule has 5 heteroatoms. The minimum atomic E-state index is 0.549. The van der Waals surface area contributed by atoms with Crippen LogP contribution in [0.5, 0.6) is 11.6 Å². The Morgan fingerprint density at radius 2 is 2.00 bits per heavy atom. The lowest BCUT2D eigenvalue weighted by molar-refractivity contribution is 0.456. The molecule has 0 fully saturated rings. The second-order valence-electron chi connectivity index (χ2n) is 4.62. The summed E-state index contributed by atoms with van der Waals surface area (Å²) in [6, 6.07) is 11.9. The van der Waals surface area contributed by atoms with Gasteiger partial charge in [-0.25, -0.2) is 4.98 Å². The van der Waals surface area contributed by atoms with Crippen molar-refractivity contribution in [2.75, 3.05) is 6.54 Å². The van der Waals surface area contributed by atoms with Crippen LogP contribution in [0, 0.1) is 0 Å². The van der Waals surface area contributed by atoms with E-state index in [-0.39, 0.29) is 0 Å². The number of aromatic nitrogens is 2. The Kier molecular flexibility index (Phi) is 4.13. The van der Waals surface area contributed by atoms with Crippen LogP contribution in [0.2, 0.25) is 0 Å². The Morgan fingerprint density at radius 1 is 1.14 bits per heavy atom. The predicted molar refractivity (Wildman–Crippen MR) is 86.5 cm³/mol. The van der Waals surface area contributed by atoms with Gasteiger partial charge in [-0.1, -0.05) is 18.2 Å². The van der Waals surface area contributed by atoms with Gasteiger partial charge in [0.05, 0.1) is 11.7 Å². The van der Waals surface area contributed by atoms with Gasteiger partial charge in [-0.05, 0) is 47.1 Å². The smallest absolute Gasteiger partial charge is 0.223 e. The highest BCUT2D eigenvalue weighted by Crippen LogP contribution is 2.28. The molecule has 2 heterocycles. The highest BCUT2D eigenvalue weighted by atomic mass is 79.9. The Balaban J connectivity index is 2.04. The third-order valence-corrected chi connectivity index (χ3v) is 3.50. The zero-order valence-electron chi connectivity index (χ0n) is 11.3. The van der Waals surface area contributed by atoms with E-state index in [1.807, 2.05) is 30.3 Å². The van der Waals surface area contributed by atoms with Crippen molar-refractivity contribution in [3.8, 4) is 11.6 Å². The van der Waals surface area contributed by atoms with E-state index in [2.05, 4.69) is 32.0 Å². The second-order valence-corrected chi connectivity index (χ2v) is 5.54. The number of rotatable bonds is 4. The quantitative estimate of drug-likeness (QED) is 0.784. The van der Waals surface area contributed by atoms with E-state index in [1.165, 1.54) is 0 Å². The van der Waals surface area contributed by atoms with Crippen molar-refractivity contribution in [3.63, 3.8) is 0 Å². The van der Waals surface area contributed by atoms with Gasteiger partial charge in [-0.3, -0.25) is 4.98 Å². The molecule has 3 rings (SSSR count). The lowest BCUT2D eigenvalue weighted by Crippen LogP contribution is -2.05. The fourth-order valence-corrected chi connectivity index (χ4v) is 2.47. The summed E-state index contributed by atoms with van der Waals surface area (Å²) in [6.45, 7) is 0.549. The van der Waals surface area contributed by atoms with Crippen LogP contribution in [0.1, 0.15) is 5.56 Å². The summed E-state index contributed by atoms with van der Waals surface area (Å²) in [5, 5.41) is 1.08. The number of pyridine rings is 2. The Bertz CT molecular complexity index is 776. The van der Waals surface area contributed by atoms with Gasteiger partial charge >= 0.3 is 0 Å². The predicted octanol–water partition coefficient (Wildman–Crippen LogP) is 3.69. The first kappa shape index (κ1) is 14.0. The number of para-hydroxylation sites is 1. The van der Waals surface area contributed by atoms with Crippen molar-refractivity contribution in [2.24, 2.45) is 5.73 Å². The molecule has 0 spiro atoms. The maximum Gasteiger partial charge on any atom is 0.223 e. The van der Waals surface area contributed by atoms with Crippen LogP contribution in [0.3, 0.4) is 0 Å². The average molecular weight is 344 g/mol. The minimum absolute atomic E-state index is 0.549. The van der Waals surface area contributed by atoms with Gasteiger partial charge in [-0.2, -0.15) is 0 Å². The lowest BCUT2D eigenvalue weighted by Gasteiger charge is -2.11. The number of fused-ring (bicyclic) bond motifs is 1. The molecule has 0 aliphatic heterocycles. The van der Waals surface area contributed by atoms with Crippen molar-refractivity contribution in [3.05, 3.63) is 58.8 Å². The number of benzene rings is 1. The van der Waals surface area contributed by atoms with Crippen LogP contribution >= 0.6 is 15.9 Å². The number of nitrogens with two attached hydrogens (primary N) is 1. The van der Waals surface area contributed by atoms with Crippen LogP contribution in [-0.2, 0) is 6.42 Å². The second kappa shape index (κ2) is 6.20. The van der Waals surface area contributed by atoms with E-state index in [1.54, 1.807) is 12.4 Å². The van der Waals surface area contributed by atoms with Gasteiger partial charge in [0.2, 0.25) is 5.88 Å². The minimum Gasteiger partial charge on any atom is -0.437 e. The van der Waals surface area contributed by atoms with Crippen LogP contribution in [0.4, 0.5) is 0 Å². The molecule has 0 amide bonds. The Labute approximate surface area is 131 Å². The molecule has 0 aliphatic carbocycles. The van der Waals surface area contributed by atoms with Gasteiger partial charge in [-0.15, -0.1) is 0 Å². The van der Waals surface area contributed by atoms with Gasteiger partial charge in [0.1, 0.15) is 5.75 Å². The fourth-order valence-electron chi connectivity index (χ4n) is 2.12. The highest BCUT2D eigenvalue weighted by Gasteiger charge is 2.09. The number of halogens is 1. The molecule has 21 heavy (non-hydrogen) atoms. The molecule has 0 aliphatic rings. The van der Waals surface area contributed by atoms with Crippen molar-refractivity contribution < 1.29 is 4.74 Å². The van der Waals surface area contributed by atoms with Crippen LogP contribution in [-0.4, -0.2) is 16.5 Å². The van der Waals surface area contributed by atoms with Crippen molar-refractivity contribution in [1.29, 1.82) is 0 Å². The normalized spacial score (nSPS) is 10.8. The molecule has 0 atom stereocenters. The molecular formula is C16H14BrN3O. The molecule has 3 aromatic rings. The van der Waals surface area contributed by atoms with Crippen molar-refractivity contribution >= 4 is 26.8 Å². The summed E-state index contributed by atoms with van der Waals surface area (Å²) >= 11 is 3.38. The SMILES string of the molecule is NCCc1cc2ccccc2nc1Oc1cncc(Br)c1. The maximum absolute atomic E-state index is 5.89. The Morgan fingerprint density at radius 3 is 2.81 bits per heavy atom. The summed E-state index contributed by atoms with van der Waals surface area (Å²) in [7, 11) is 0. The molecular weight excluding hydrogens is 330 g/mol. The molecule has 0 bridgehead atoms. The maximum atomic E-state index is 5.89. The van der Waals surface area contributed by atoms with Crippen LogP contribution in [0.25, 0.3) is 10.9 Å². The third-order valence-electron chi connectivity index (χ3n) is 3.07. The number of hydrogen-bond acceptors (Lipinski definition) is 4. The first-order chi connectivity index (χ1) is 10.3. The Hall–Kier alpha value is -1.98. The van der Waals surface area contributed by atoms with Crippen molar-refractivity contribution in [1.82, 2.24) is 9.97 Å². The molecule has 1 aromatic carbocycles. The summed E-state index contributed by atoms with van der Waals surface area (Å²) in [4.78, 5) is 8.69. The van der Waals surface area contributed by atoms with Crippen molar-refractivity contribution in [2.45, 2.75) is 6.42 Å². The molecule has 2 N–H and O–H groups in total. The largest absolute Gasteiger partial charge is 0.437 e. The topological polar surface area (TPSA) is 61.0 Å². The summed E-state index contributed by atoms with van der Waals surface area (Å²) in [6.07, 6.45) is 4.09. The van der Waals surface area contributed by atoms with Gasteiger partial charge < -0.3 is 10.5 Å². The fraction of sp³-hybridized carbons (Fsp3) is 0.125. The molecule has 106 valence electrons. The van der Waals surface area contributed by atoms with E-state index in [0.717, 1.165) is 20.9 Å². The summed E-state index contributed by atoms with van der Waals surface area (Å²) in [5.41, 5.74) is 7.58. The van der Waals surface area contributed by atoms with E-state index in [9.17, 15) is 0 Å². The third kappa shape index (κ3) is 3.20. The monoisotopic (exact) mass is 343 g/mol.